The van der Waals surface area contributed by atoms with Gasteiger partial charge in [-0.15, -0.1) is 0 Å². The van der Waals surface area contributed by atoms with E-state index in [4.69, 9.17) is 15.2 Å². The molecule has 0 spiro atoms. The predicted octanol–water partition coefficient (Wildman–Crippen LogP) is 2.26. The van der Waals surface area contributed by atoms with Gasteiger partial charge in [-0.2, -0.15) is 0 Å². The third kappa shape index (κ3) is 1.89. The van der Waals surface area contributed by atoms with Gasteiger partial charge in [-0.25, -0.2) is 0 Å². The van der Waals surface area contributed by atoms with E-state index in [1.807, 2.05) is 6.07 Å². The molecule has 1 saturated carbocycles. The molecule has 2 rings (SSSR count). The number of ether oxygens (including phenoxy) is 2. The second-order valence-electron chi connectivity index (χ2n) is 4.67. The van der Waals surface area contributed by atoms with Crippen molar-refractivity contribution in [1.29, 1.82) is 0 Å². The monoisotopic (exact) mass is 235 g/mol. The van der Waals surface area contributed by atoms with Crippen LogP contribution in [0.25, 0.3) is 0 Å². The standard InChI is InChI=1S/C14H21NO2/c1-4-10-12(16-2)6-5-11(13(10)17-3)14(9-15)7-8-14/h5-6H,4,7-9,15H2,1-3H3. The number of methoxy groups -OCH3 is 2. The fourth-order valence-corrected chi connectivity index (χ4v) is 2.52. The van der Waals surface area contributed by atoms with Crippen LogP contribution in [-0.2, 0) is 11.8 Å². The molecule has 0 saturated heterocycles. The van der Waals surface area contributed by atoms with Crippen LogP contribution in [0.2, 0.25) is 0 Å². The second kappa shape index (κ2) is 4.57. The molecule has 1 aliphatic carbocycles. The lowest BCUT2D eigenvalue weighted by atomic mass is 9.92. The van der Waals surface area contributed by atoms with Gasteiger partial charge in [0.05, 0.1) is 14.2 Å². The Balaban J connectivity index is 2.54. The Morgan fingerprint density at radius 1 is 1.24 bits per heavy atom. The fraction of sp³-hybridized carbons (Fsp3) is 0.571. The van der Waals surface area contributed by atoms with Crippen molar-refractivity contribution in [2.75, 3.05) is 20.8 Å². The number of rotatable bonds is 5. The first-order chi connectivity index (χ1) is 8.22. The molecule has 94 valence electrons. The highest BCUT2D eigenvalue weighted by Crippen LogP contribution is 2.52. The fourth-order valence-electron chi connectivity index (χ4n) is 2.52. The average molecular weight is 235 g/mol. The van der Waals surface area contributed by atoms with Crippen LogP contribution in [0.5, 0.6) is 11.5 Å². The SMILES string of the molecule is CCc1c(OC)ccc(C2(CN)CC2)c1OC. The van der Waals surface area contributed by atoms with Crippen LogP contribution in [-0.4, -0.2) is 20.8 Å². The lowest BCUT2D eigenvalue weighted by Crippen LogP contribution is -2.21. The highest BCUT2D eigenvalue weighted by Gasteiger charge is 2.45. The third-order valence-electron chi connectivity index (χ3n) is 3.81. The molecule has 0 amide bonds. The van der Waals surface area contributed by atoms with E-state index in [0.29, 0.717) is 6.54 Å². The van der Waals surface area contributed by atoms with Crippen molar-refractivity contribution in [3.05, 3.63) is 23.3 Å². The zero-order valence-electron chi connectivity index (χ0n) is 10.9. The number of hydrogen-bond acceptors (Lipinski definition) is 3. The zero-order chi connectivity index (χ0) is 12.5. The van der Waals surface area contributed by atoms with Crippen molar-refractivity contribution in [1.82, 2.24) is 0 Å². The summed E-state index contributed by atoms with van der Waals surface area (Å²) < 4.78 is 11.0. The largest absolute Gasteiger partial charge is 0.496 e. The van der Waals surface area contributed by atoms with Gasteiger partial charge in [0.1, 0.15) is 11.5 Å². The quantitative estimate of drug-likeness (QED) is 0.851. The van der Waals surface area contributed by atoms with Crippen LogP contribution in [0.3, 0.4) is 0 Å². The maximum absolute atomic E-state index is 5.90. The predicted molar refractivity (Wildman–Crippen MR) is 68.9 cm³/mol. The van der Waals surface area contributed by atoms with E-state index in [1.54, 1.807) is 14.2 Å². The molecule has 0 aliphatic heterocycles. The Kier molecular flexibility index (Phi) is 3.29. The summed E-state index contributed by atoms with van der Waals surface area (Å²) in [6.45, 7) is 2.81. The summed E-state index contributed by atoms with van der Waals surface area (Å²) in [5.41, 5.74) is 8.45. The normalized spacial score (nSPS) is 16.7. The number of hydrogen-bond donors (Lipinski definition) is 1. The summed E-state index contributed by atoms with van der Waals surface area (Å²) in [4.78, 5) is 0. The van der Waals surface area contributed by atoms with E-state index >= 15 is 0 Å². The van der Waals surface area contributed by atoms with Crippen molar-refractivity contribution in [2.45, 2.75) is 31.6 Å². The van der Waals surface area contributed by atoms with Gasteiger partial charge in [-0.05, 0) is 25.3 Å². The van der Waals surface area contributed by atoms with Gasteiger partial charge in [0, 0.05) is 23.1 Å². The molecule has 1 aliphatic rings. The summed E-state index contributed by atoms with van der Waals surface area (Å²) >= 11 is 0. The third-order valence-corrected chi connectivity index (χ3v) is 3.81. The molecule has 1 fully saturated rings. The smallest absolute Gasteiger partial charge is 0.129 e. The highest BCUT2D eigenvalue weighted by molar-refractivity contribution is 5.54. The molecule has 0 unspecified atom stereocenters. The molecule has 2 N–H and O–H groups in total. The van der Waals surface area contributed by atoms with Gasteiger partial charge >= 0.3 is 0 Å². The first-order valence-corrected chi connectivity index (χ1v) is 6.16. The molecular weight excluding hydrogens is 214 g/mol. The minimum absolute atomic E-state index is 0.154. The topological polar surface area (TPSA) is 44.5 Å². The molecule has 0 atom stereocenters. The van der Waals surface area contributed by atoms with Crippen molar-refractivity contribution in [3.8, 4) is 11.5 Å². The minimum Gasteiger partial charge on any atom is -0.496 e. The van der Waals surface area contributed by atoms with Crippen LogP contribution >= 0.6 is 0 Å². The summed E-state index contributed by atoms with van der Waals surface area (Å²) in [6.07, 6.45) is 3.23. The molecular formula is C14H21NO2. The van der Waals surface area contributed by atoms with Crippen LogP contribution in [0.4, 0.5) is 0 Å². The van der Waals surface area contributed by atoms with Crippen LogP contribution in [0, 0.1) is 0 Å². The molecule has 1 aromatic rings. The lowest BCUT2D eigenvalue weighted by molar-refractivity contribution is 0.379. The molecule has 0 aromatic heterocycles. The van der Waals surface area contributed by atoms with Crippen LogP contribution in [0.15, 0.2) is 12.1 Å². The Labute approximate surface area is 103 Å². The lowest BCUT2D eigenvalue weighted by Gasteiger charge is -2.21. The first-order valence-electron chi connectivity index (χ1n) is 6.16. The highest BCUT2D eigenvalue weighted by atomic mass is 16.5. The summed E-state index contributed by atoms with van der Waals surface area (Å²) in [7, 11) is 3.42. The van der Waals surface area contributed by atoms with Crippen molar-refractivity contribution < 1.29 is 9.47 Å². The van der Waals surface area contributed by atoms with Gasteiger partial charge in [0.25, 0.3) is 0 Å². The van der Waals surface area contributed by atoms with Crippen molar-refractivity contribution >= 4 is 0 Å². The van der Waals surface area contributed by atoms with Gasteiger partial charge < -0.3 is 15.2 Å². The zero-order valence-corrected chi connectivity index (χ0v) is 10.9. The molecule has 0 bridgehead atoms. The van der Waals surface area contributed by atoms with E-state index < -0.39 is 0 Å². The van der Waals surface area contributed by atoms with E-state index in [2.05, 4.69) is 13.0 Å². The summed E-state index contributed by atoms with van der Waals surface area (Å²) in [5, 5.41) is 0. The van der Waals surface area contributed by atoms with E-state index in [9.17, 15) is 0 Å². The molecule has 3 nitrogen and oxygen atoms in total. The summed E-state index contributed by atoms with van der Waals surface area (Å²) in [6, 6.07) is 4.14. The van der Waals surface area contributed by atoms with Gasteiger partial charge in [0.15, 0.2) is 0 Å². The van der Waals surface area contributed by atoms with E-state index in [1.165, 1.54) is 5.56 Å². The summed E-state index contributed by atoms with van der Waals surface area (Å²) in [5.74, 6) is 1.87. The first kappa shape index (κ1) is 12.2. The minimum atomic E-state index is 0.154. The molecule has 1 aromatic carbocycles. The Morgan fingerprint density at radius 3 is 2.35 bits per heavy atom. The van der Waals surface area contributed by atoms with E-state index in [-0.39, 0.29) is 5.41 Å². The Morgan fingerprint density at radius 2 is 1.94 bits per heavy atom. The van der Waals surface area contributed by atoms with Gasteiger partial charge in [-0.3, -0.25) is 0 Å². The van der Waals surface area contributed by atoms with Crippen LogP contribution < -0.4 is 15.2 Å². The maximum Gasteiger partial charge on any atom is 0.129 e. The molecule has 0 radical (unpaired) electrons. The average Bonchev–Trinajstić information content (AvgIpc) is 3.17. The van der Waals surface area contributed by atoms with Crippen molar-refractivity contribution in [3.63, 3.8) is 0 Å². The number of benzene rings is 1. The van der Waals surface area contributed by atoms with Gasteiger partial charge in [-0.1, -0.05) is 13.0 Å². The second-order valence-corrected chi connectivity index (χ2v) is 4.67. The Bertz CT molecular complexity index is 411. The molecule has 3 heteroatoms. The molecule has 17 heavy (non-hydrogen) atoms. The van der Waals surface area contributed by atoms with Crippen molar-refractivity contribution in [2.24, 2.45) is 5.73 Å². The number of nitrogens with two attached hydrogens (primary N) is 1. The van der Waals surface area contributed by atoms with Crippen LogP contribution in [0.1, 0.15) is 30.9 Å². The maximum atomic E-state index is 5.90. The Hall–Kier alpha value is -1.22. The van der Waals surface area contributed by atoms with Gasteiger partial charge in [0.2, 0.25) is 0 Å². The molecule has 0 heterocycles. The van der Waals surface area contributed by atoms with E-state index in [0.717, 1.165) is 36.3 Å².